The fourth-order valence-electron chi connectivity index (χ4n) is 2.34. The van der Waals surface area contributed by atoms with Crippen LogP contribution in [-0.2, 0) is 11.3 Å². The number of hydrogen-bond donors (Lipinski definition) is 2. The normalized spacial score (nSPS) is 17.5. The van der Waals surface area contributed by atoms with Gasteiger partial charge in [-0.25, -0.2) is 0 Å². The summed E-state index contributed by atoms with van der Waals surface area (Å²) in [6.07, 6.45) is 3.12. The summed E-state index contributed by atoms with van der Waals surface area (Å²) in [6.45, 7) is 0.332. The summed E-state index contributed by atoms with van der Waals surface area (Å²) in [4.78, 5) is 0. The Balaban J connectivity index is 2.19. The molecule has 3 rings (SSSR count). The maximum absolute atomic E-state index is 9.35. The lowest BCUT2D eigenvalue weighted by atomic mass is 9.85. The molecular formula is C13H12N4O3. The number of nitrogens with one attached hydrogen (secondary N) is 1. The quantitative estimate of drug-likeness (QED) is 0.873. The van der Waals surface area contributed by atoms with Crippen LogP contribution in [0.2, 0.25) is 0 Å². The highest BCUT2D eigenvalue weighted by Crippen LogP contribution is 2.42. The van der Waals surface area contributed by atoms with Crippen LogP contribution in [0.15, 0.2) is 34.5 Å². The molecule has 0 radical (unpaired) electrons. The zero-order valence-electron chi connectivity index (χ0n) is 10.7. The number of allylic oxidation sites excluding steroid dienone is 1. The van der Waals surface area contributed by atoms with Gasteiger partial charge in [0.15, 0.2) is 0 Å². The smallest absolute Gasteiger partial charge is 0.244 e. The van der Waals surface area contributed by atoms with Gasteiger partial charge in [-0.1, -0.05) is 0 Å². The van der Waals surface area contributed by atoms with Crippen molar-refractivity contribution in [2.24, 2.45) is 5.73 Å². The highest BCUT2D eigenvalue weighted by molar-refractivity contribution is 5.54. The van der Waals surface area contributed by atoms with Crippen LogP contribution in [0.3, 0.4) is 0 Å². The Morgan fingerprint density at radius 1 is 1.60 bits per heavy atom. The monoisotopic (exact) mass is 272 g/mol. The van der Waals surface area contributed by atoms with Crippen LogP contribution in [0.25, 0.3) is 0 Å². The van der Waals surface area contributed by atoms with Crippen LogP contribution in [0.4, 0.5) is 0 Å². The highest BCUT2D eigenvalue weighted by atomic mass is 16.5. The number of furan rings is 1. The summed E-state index contributed by atoms with van der Waals surface area (Å²) in [5, 5.41) is 16.3. The van der Waals surface area contributed by atoms with E-state index in [9.17, 15) is 5.26 Å². The summed E-state index contributed by atoms with van der Waals surface area (Å²) in [5.41, 5.74) is 8.44. The van der Waals surface area contributed by atoms with Crippen molar-refractivity contribution >= 4 is 0 Å². The van der Waals surface area contributed by atoms with E-state index in [1.807, 2.05) is 0 Å². The Labute approximate surface area is 114 Å². The van der Waals surface area contributed by atoms with Crippen LogP contribution in [0, 0.1) is 11.3 Å². The minimum Gasteiger partial charge on any atom is -0.472 e. The summed E-state index contributed by atoms with van der Waals surface area (Å²) < 4.78 is 15.6. The van der Waals surface area contributed by atoms with Crippen molar-refractivity contribution in [1.82, 2.24) is 10.2 Å². The molecule has 0 saturated heterocycles. The number of fused-ring (bicyclic) bond motifs is 1. The number of aromatic amines is 1. The molecule has 3 N–H and O–H groups in total. The molecular weight excluding hydrogens is 260 g/mol. The molecule has 20 heavy (non-hydrogen) atoms. The fourth-order valence-corrected chi connectivity index (χ4v) is 2.34. The highest BCUT2D eigenvalue weighted by Gasteiger charge is 2.35. The molecule has 0 aliphatic carbocycles. The first kappa shape index (κ1) is 12.3. The van der Waals surface area contributed by atoms with Gasteiger partial charge in [0.1, 0.15) is 11.6 Å². The third kappa shape index (κ3) is 1.74. The number of ether oxygens (including phenoxy) is 2. The number of rotatable bonds is 3. The molecule has 1 aliphatic rings. The maximum atomic E-state index is 9.35. The molecule has 0 unspecified atom stereocenters. The summed E-state index contributed by atoms with van der Waals surface area (Å²) in [7, 11) is 1.58. The van der Waals surface area contributed by atoms with Crippen LogP contribution < -0.4 is 10.5 Å². The first-order valence-electron chi connectivity index (χ1n) is 5.92. The van der Waals surface area contributed by atoms with Crippen LogP contribution in [-0.4, -0.2) is 17.3 Å². The van der Waals surface area contributed by atoms with Gasteiger partial charge in [0.05, 0.1) is 36.3 Å². The molecule has 2 aromatic rings. The average molecular weight is 272 g/mol. The first-order valence-corrected chi connectivity index (χ1v) is 5.92. The largest absolute Gasteiger partial charge is 0.472 e. The van der Waals surface area contributed by atoms with Crippen LogP contribution in [0.1, 0.15) is 22.7 Å². The molecule has 0 aromatic carbocycles. The van der Waals surface area contributed by atoms with Gasteiger partial charge < -0.3 is 19.6 Å². The zero-order chi connectivity index (χ0) is 14.1. The Bertz CT molecular complexity index is 694. The Hall–Kier alpha value is -2.72. The van der Waals surface area contributed by atoms with Crippen molar-refractivity contribution in [3.8, 4) is 11.9 Å². The molecule has 102 valence electrons. The Kier molecular flexibility index (Phi) is 2.93. The second kappa shape index (κ2) is 4.75. The minimum atomic E-state index is -0.369. The van der Waals surface area contributed by atoms with Crippen molar-refractivity contribution < 1.29 is 13.9 Å². The van der Waals surface area contributed by atoms with E-state index < -0.39 is 0 Å². The topological polar surface area (TPSA) is 110 Å². The van der Waals surface area contributed by atoms with Crippen LogP contribution in [0.5, 0.6) is 5.88 Å². The summed E-state index contributed by atoms with van der Waals surface area (Å²) in [5.74, 6) is 0.0489. The van der Waals surface area contributed by atoms with Gasteiger partial charge in [-0.15, -0.1) is 5.10 Å². The van der Waals surface area contributed by atoms with Crippen LogP contribution >= 0.6 is 0 Å². The van der Waals surface area contributed by atoms with Gasteiger partial charge in [0.2, 0.25) is 11.8 Å². The second-order valence-electron chi connectivity index (χ2n) is 4.34. The number of nitrogens with zero attached hydrogens (tertiary/aromatic N) is 2. The zero-order valence-corrected chi connectivity index (χ0v) is 10.7. The average Bonchev–Trinajstić information content (AvgIpc) is 3.08. The molecule has 3 heterocycles. The number of methoxy groups -OCH3 is 1. The van der Waals surface area contributed by atoms with Crippen molar-refractivity contribution in [1.29, 1.82) is 5.26 Å². The number of nitriles is 1. The van der Waals surface area contributed by atoms with Gasteiger partial charge in [0, 0.05) is 12.7 Å². The molecule has 1 atom stereocenters. The van der Waals surface area contributed by atoms with Gasteiger partial charge in [0.25, 0.3) is 0 Å². The minimum absolute atomic E-state index is 0.0571. The summed E-state index contributed by atoms with van der Waals surface area (Å²) in [6, 6.07) is 3.88. The van der Waals surface area contributed by atoms with Gasteiger partial charge in [-0.3, -0.25) is 5.10 Å². The Morgan fingerprint density at radius 2 is 2.45 bits per heavy atom. The lowest BCUT2D eigenvalue weighted by Gasteiger charge is -2.22. The lowest BCUT2D eigenvalue weighted by molar-refractivity contribution is 0.180. The molecule has 7 heteroatoms. The lowest BCUT2D eigenvalue weighted by Crippen LogP contribution is -2.21. The van der Waals surface area contributed by atoms with Crippen molar-refractivity contribution in [2.75, 3.05) is 7.11 Å². The molecule has 0 saturated carbocycles. The number of nitrogens with two attached hydrogens (primary N) is 1. The standard InChI is InChI=1S/C13H12N4O3/c1-18-6-9-11-10(7-2-3-19-5-7)8(4-14)12(15)20-13(11)17-16-9/h2-3,5,10H,6,15H2,1H3,(H,16,17)/t10-/m1/s1. The second-order valence-corrected chi connectivity index (χ2v) is 4.34. The molecule has 0 amide bonds. The van der Waals surface area contributed by atoms with E-state index in [0.717, 1.165) is 16.8 Å². The summed E-state index contributed by atoms with van der Waals surface area (Å²) >= 11 is 0. The van der Waals surface area contributed by atoms with E-state index in [1.54, 1.807) is 25.7 Å². The molecule has 1 aliphatic heterocycles. The van der Waals surface area contributed by atoms with E-state index in [-0.39, 0.29) is 11.8 Å². The van der Waals surface area contributed by atoms with E-state index in [4.69, 9.17) is 19.6 Å². The van der Waals surface area contributed by atoms with Gasteiger partial charge in [-0.05, 0) is 6.07 Å². The molecule has 0 bridgehead atoms. The molecule has 7 nitrogen and oxygen atoms in total. The van der Waals surface area contributed by atoms with Gasteiger partial charge in [-0.2, -0.15) is 5.26 Å². The number of aromatic nitrogens is 2. The SMILES string of the molecule is COCc1[nH]nc2c1[C@H](c1ccoc1)C(C#N)=C(N)O2. The van der Waals surface area contributed by atoms with Gasteiger partial charge >= 0.3 is 0 Å². The first-order chi connectivity index (χ1) is 9.76. The number of hydrogen-bond acceptors (Lipinski definition) is 6. The van der Waals surface area contributed by atoms with Crippen molar-refractivity contribution in [2.45, 2.75) is 12.5 Å². The molecule has 2 aromatic heterocycles. The van der Waals surface area contributed by atoms with E-state index in [0.29, 0.717) is 18.1 Å². The third-order valence-electron chi connectivity index (χ3n) is 3.18. The van der Waals surface area contributed by atoms with Crippen molar-refractivity contribution in [3.05, 3.63) is 46.9 Å². The third-order valence-corrected chi connectivity index (χ3v) is 3.18. The van der Waals surface area contributed by atoms with Crippen molar-refractivity contribution in [3.63, 3.8) is 0 Å². The predicted molar refractivity (Wildman–Crippen MR) is 67.3 cm³/mol. The maximum Gasteiger partial charge on any atom is 0.244 e. The molecule has 0 fully saturated rings. The predicted octanol–water partition coefficient (Wildman–Crippen LogP) is 1.37. The fraction of sp³-hybridized carbons (Fsp3) is 0.231. The van der Waals surface area contributed by atoms with E-state index in [1.165, 1.54) is 0 Å². The Morgan fingerprint density at radius 3 is 3.10 bits per heavy atom. The van der Waals surface area contributed by atoms with E-state index in [2.05, 4.69) is 16.3 Å². The number of H-pyrrole nitrogens is 1. The molecule has 0 spiro atoms. The van der Waals surface area contributed by atoms with E-state index >= 15 is 0 Å².